The second-order valence-corrected chi connectivity index (χ2v) is 4.90. The molecule has 1 atom stereocenters. The predicted molar refractivity (Wildman–Crippen MR) is 78.6 cm³/mol. The summed E-state index contributed by atoms with van der Waals surface area (Å²) in [6.45, 7) is 3.91. The number of aryl methyl sites for hydroxylation is 1. The lowest BCUT2D eigenvalue weighted by Gasteiger charge is -2.22. The minimum absolute atomic E-state index is 0.223. The van der Waals surface area contributed by atoms with Gasteiger partial charge in [-0.2, -0.15) is 0 Å². The van der Waals surface area contributed by atoms with Crippen LogP contribution in [0.5, 0.6) is 0 Å². The van der Waals surface area contributed by atoms with Crippen molar-refractivity contribution in [3.8, 4) is 0 Å². The van der Waals surface area contributed by atoms with Gasteiger partial charge in [0.25, 0.3) is 0 Å². The van der Waals surface area contributed by atoms with Gasteiger partial charge in [-0.25, -0.2) is 0 Å². The van der Waals surface area contributed by atoms with E-state index in [1.54, 1.807) is 6.07 Å². The Labute approximate surface area is 108 Å². The highest BCUT2D eigenvalue weighted by atomic mass is 14.7. The maximum Gasteiger partial charge on any atom is 0.0368 e. The molecule has 0 amide bonds. The van der Waals surface area contributed by atoms with E-state index >= 15 is 0 Å². The molecule has 0 radical (unpaired) electrons. The van der Waals surface area contributed by atoms with Gasteiger partial charge >= 0.3 is 0 Å². The molecule has 0 aromatic heterocycles. The van der Waals surface area contributed by atoms with Crippen molar-refractivity contribution in [3.05, 3.63) is 47.7 Å². The molecule has 1 aliphatic rings. The van der Waals surface area contributed by atoms with E-state index in [1.165, 1.54) is 0 Å². The molecule has 18 heavy (non-hydrogen) atoms. The van der Waals surface area contributed by atoms with E-state index in [-0.39, 0.29) is 5.54 Å². The molecular weight excluding hydrogens is 224 g/mol. The summed E-state index contributed by atoms with van der Waals surface area (Å²) >= 11 is 0. The van der Waals surface area contributed by atoms with Crippen molar-refractivity contribution in [2.75, 3.05) is 11.5 Å². The van der Waals surface area contributed by atoms with Gasteiger partial charge in [0, 0.05) is 29.0 Å². The largest absolute Gasteiger partial charge is 0.402 e. The lowest BCUT2D eigenvalue weighted by molar-refractivity contribution is 0.569. The van der Waals surface area contributed by atoms with E-state index in [9.17, 15) is 0 Å². The number of hydrogen-bond acceptors (Lipinski definition) is 4. The second-order valence-electron chi connectivity index (χ2n) is 4.90. The Balaban J connectivity index is 0.000000180. The van der Waals surface area contributed by atoms with E-state index in [4.69, 9.17) is 22.9 Å². The fourth-order valence-electron chi connectivity index (χ4n) is 1.61. The zero-order chi connectivity index (χ0) is 13.8. The van der Waals surface area contributed by atoms with Crippen LogP contribution in [-0.4, -0.2) is 5.54 Å². The molecule has 2 rings (SSSR count). The first-order valence-corrected chi connectivity index (χ1v) is 5.84. The highest BCUT2D eigenvalue weighted by molar-refractivity contribution is 5.55. The van der Waals surface area contributed by atoms with Gasteiger partial charge in [0.15, 0.2) is 0 Å². The zero-order valence-corrected chi connectivity index (χ0v) is 11.0. The maximum absolute atomic E-state index is 5.76. The molecule has 0 spiro atoms. The van der Waals surface area contributed by atoms with Crippen LogP contribution in [0.4, 0.5) is 11.4 Å². The van der Waals surface area contributed by atoms with Crippen LogP contribution in [0.2, 0.25) is 0 Å². The number of allylic oxidation sites excluding steroid dienone is 2. The number of nitrogen functional groups attached to an aromatic ring is 2. The Morgan fingerprint density at radius 3 is 2.22 bits per heavy atom. The molecule has 0 aliphatic heterocycles. The van der Waals surface area contributed by atoms with Crippen LogP contribution in [-0.2, 0) is 0 Å². The van der Waals surface area contributed by atoms with Gasteiger partial charge in [-0.15, -0.1) is 0 Å². The van der Waals surface area contributed by atoms with E-state index in [1.807, 2.05) is 44.2 Å². The van der Waals surface area contributed by atoms with Crippen LogP contribution >= 0.6 is 0 Å². The fourth-order valence-corrected chi connectivity index (χ4v) is 1.61. The monoisotopic (exact) mass is 246 g/mol. The Morgan fingerprint density at radius 1 is 1.17 bits per heavy atom. The van der Waals surface area contributed by atoms with Crippen molar-refractivity contribution < 1.29 is 0 Å². The van der Waals surface area contributed by atoms with Crippen molar-refractivity contribution in [2.45, 2.75) is 25.8 Å². The van der Waals surface area contributed by atoms with Crippen molar-refractivity contribution >= 4 is 11.4 Å². The quantitative estimate of drug-likeness (QED) is 0.523. The minimum Gasteiger partial charge on any atom is -0.402 e. The highest BCUT2D eigenvalue weighted by Crippen LogP contribution is 2.15. The average Bonchev–Trinajstić information content (AvgIpc) is 2.23. The van der Waals surface area contributed by atoms with E-state index in [0.29, 0.717) is 0 Å². The summed E-state index contributed by atoms with van der Waals surface area (Å²) in [6, 6.07) is 5.51. The predicted octanol–water partition coefficient (Wildman–Crippen LogP) is 1.67. The van der Waals surface area contributed by atoms with E-state index in [0.717, 1.165) is 29.1 Å². The molecule has 1 aliphatic carbocycles. The number of anilines is 2. The smallest absolute Gasteiger partial charge is 0.0368 e. The molecule has 1 unspecified atom stereocenters. The third-order valence-electron chi connectivity index (χ3n) is 2.68. The van der Waals surface area contributed by atoms with Crippen LogP contribution in [0.1, 0.15) is 18.9 Å². The van der Waals surface area contributed by atoms with Crippen LogP contribution in [0.3, 0.4) is 0 Å². The SMILES string of the molecule is CC1(N)C=CC=C(N)C1.Cc1ccc(N)cc1N. The normalized spacial score (nSPS) is 21.8. The second kappa shape index (κ2) is 5.60. The van der Waals surface area contributed by atoms with Crippen LogP contribution < -0.4 is 22.9 Å². The highest BCUT2D eigenvalue weighted by Gasteiger charge is 2.16. The van der Waals surface area contributed by atoms with Crippen molar-refractivity contribution in [3.63, 3.8) is 0 Å². The van der Waals surface area contributed by atoms with Gasteiger partial charge in [-0.1, -0.05) is 18.2 Å². The Morgan fingerprint density at radius 2 is 1.83 bits per heavy atom. The molecule has 4 heteroatoms. The number of nitrogens with two attached hydrogens (primary N) is 4. The Kier molecular flexibility index (Phi) is 4.39. The molecule has 0 saturated carbocycles. The third kappa shape index (κ3) is 4.51. The standard InChI is InChI=1S/C7H10N2.C7H12N2/c1-5-2-3-6(8)4-7(5)9;1-7(9)4-2-3-6(8)5-7/h2-4H,8-9H2,1H3;2-4H,5,8-9H2,1H3. The zero-order valence-electron chi connectivity index (χ0n) is 11.0. The first kappa shape index (κ1) is 14.1. The summed E-state index contributed by atoms with van der Waals surface area (Å²) in [5.41, 5.74) is 25.5. The first-order chi connectivity index (χ1) is 8.30. The van der Waals surface area contributed by atoms with Gasteiger partial charge in [-0.05, 0) is 37.6 Å². The summed E-state index contributed by atoms with van der Waals surface area (Å²) in [5, 5.41) is 0. The topological polar surface area (TPSA) is 104 Å². The van der Waals surface area contributed by atoms with Crippen molar-refractivity contribution in [1.82, 2.24) is 0 Å². The maximum atomic E-state index is 5.76. The molecule has 0 fully saturated rings. The molecule has 98 valence electrons. The number of hydrogen-bond donors (Lipinski definition) is 4. The molecule has 1 aromatic carbocycles. The molecule has 0 bridgehead atoms. The Bertz CT molecular complexity index is 473. The van der Waals surface area contributed by atoms with Crippen molar-refractivity contribution in [2.24, 2.45) is 11.5 Å². The van der Waals surface area contributed by atoms with Crippen LogP contribution in [0.15, 0.2) is 42.1 Å². The molecule has 4 nitrogen and oxygen atoms in total. The van der Waals surface area contributed by atoms with Crippen LogP contribution in [0, 0.1) is 6.92 Å². The fraction of sp³-hybridized carbons (Fsp3) is 0.286. The lowest BCUT2D eigenvalue weighted by Crippen LogP contribution is -2.36. The van der Waals surface area contributed by atoms with E-state index in [2.05, 4.69) is 0 Å². The first-order valence-electron chi connectivity index (χ1n) is 5.84. The summed E-state index contributed by atoms with van der Waals surface area (Å²) in [4.78, 5) is 0. The van der Waals surface area contributed by atoms with E-state index < -0.39 is 0 Å². The van der Waals surface area contributed by atoms with Gasteiger partial charge in [0.2, 0.25) is 0 Å². The van der Waals surface area contributed by atoms with Gasteiger partial charge in [0.1, 0.15) is 0 Å². The summed E-state index contributed by atoms with van der Waals surface area (Å²) in [6.07, 6.45) is 6.51. The molecule has 0 heterocycles. The molecule has 1 aromatic rings. The van der Waals surface area contributed by atoms with Gasteiger partial charge < -0.3 is 22.9 Å². The summed E-state index contributed by atoms with van der Waals surface area (Å²) < 4.78 is 0. The van der Waals surface area contributed by atoms with Gasteiger partial charge in [0.05, 0.1) is 0 Å². The lowest BCUT2D eigenvalue weighted by atomic mass is 9.93. The van der Waals surface area contributed by atoms with Crippen LogP contribution in [0.25, 0.3) is 0 Å². The molecular formula is C14H22N4. The average molecular weight is 246 g/mol. The third-order valence-corrected chi connectivity index (χ3v) is 2.68. The summed E-state index contributed by atoms with van der Waals surface area (Å²) in [5.74, 6) is 0. The molecule has 0 saturated heterocycles. The Hall–Kier alpha value is -1.94. The number of benzene rings is 1. The molecule has 8 N–H and O–H groups in total. The minimum atomic E-state index is -0.223. The summed E-state index contributed by atoms with van der Waals surface area (Å²) in [7, 11) is 0. The van der Waals surface area contributed by atoms with Gasteiger partial charge in [-0.3, -0.25) is 0 Å². The number of rotatable bonds is 0. The van der Waals surface area contributed by atoms with Crippen molar-refractivity contribution in [1.29, 1.82) is 0 Å².